The maximum Gasteiger partial charge on any atom is 0.134 e. The van der Waals surface area contributed by atoms with Gasteiger partial charge in [-0.25, -0.2) is 0 Å². The predicted octanol–water partition coefficient (Wildman–Crippen LogP) is 2.65. The molecule has 3 nitrogen and oxygen atoms in total. The second-order valence-electron chi connectivity index (χ2n) is 4.81. The molecule has 0 radical (unpaired) electrons. The number of likely N-dealkylation sites (tertiary alicyclic amines) is 1. The molecule has 1 aliphatic heterocycles. The number of nitrogens with two attached hydrogens (primary N) is 1. The summed E-state index contributed by atoms with van der Waals surface area (Å²) in [6.07, 6.45) is 3.68. The smallest absolute Gasteiger partial charge is 0.134 e. The van der Waals surface area contributed by atoms with Crippen LogP contribution in [0.1, 0.15) is 18.6 Å². The summed E-state index contributed by atoms with van der Waals surface area (Å²) in [5, 5.41) is 1.11. The number of fused-ring (bicyclic) bond motifs is 1. The van der Waals surface area contributed by atoms with Gasteiger partial charge in [0.15, 0.2) is 0 Å². The van der Waals surface area contributed by atoms with E-state index in [-0.39, 0.29) is 0 Å². The zero-order valence-electron chi connectivity index (χ0n) is 9.98. The standard InChI is InChI=1S/C14H18N2O/c15-12-3-4-14-11(9-12)10-13(17-14)5-8-16-6-1-2-7-16/h3-4,9-10H,1-2,5-8,15H2. The first-order valence-electron chi connectivity index (χ1n) is 6.31. The molecule has 90 valence electrons. The zero-order chi connectivity index (χ0) is 11.7. The van der Waals surface area contributed by atoms with Gasteiger partial charge in [-0.2, -0.15) is 0 Å². The van der Waals surface area contributed by atoms with E-state index in [1.54, 1.807) is 0 Å². The van der Waals surface area contributed by atoms with E-state index in [1.165, 1.54) is 25.9 Å². The number of hydrogen-bond acceptors (Lipinski definition) is 3. The molecular weight excluding hydrogens is 212 g/mol. The fourth-order valence-electron chi connectivity index (χ4n) is 2.51. The number of nitrogen functional groups attached to an aromatic ring is 1. The van der Waals surface area contributed by atoms with E-state index in [2.05, 4.69) is 11.0 Å². The Morgan fingerprint density at radius 1 is 1.18 bits per heavy atom. The van der Waals surface area contributed by atoms with Crippen molar-refractivity contribution >= 4 is 16.7 Å². The van der Waals surface area contributed by atoms with Crippen LogP contribution in [0.4, 0.5) is 5.69 Å². The van der Waals surface area contributed by atoms with Crippen molar-refractivity contribution in [1.82, 2.24) is 4.90 Å². The molecule has 2 N–H and O–H groups in total. The summed E-state index contributed by atoms with van der Waals surface area (Å²) >= 11 is 0. The van der Waals surface area contributed by atoms with Crippen molar-refractivity contribution in [3.05, 3.63) is 30.0 Å². The Kier molecular flexibility index (Phi) is 2.77. The average molecular weight is 230 g/mol. The summed E-state index contributed by atoms with van der Waals surface area (Å²) in [5.74, 6) is 1.07. The maximum atomic E-state index is 5.80. The lowest BCUT2D eigenvalue weighted by Gasteiger charge is -2.12. The number of furan rings is 1. The SMILES string of the molecule is Nc1ccc2oc(CCN3CCCC3)cc2c1. The van der Waals surface area contributed by atoms with Crippen molar-refractivity contribution in [3.8, 4) is 0 Å². The van der Waals surface area contributed by atoms with Crippen molar-refractivity contribution in [2.24, 2.45) is 0 Å². The molecule has 17 heavy (non-hydrogen) atoms. The van der Waals surface area contributed by atoms with Crippen LogP contribution in [0, 0.1) is 0 Å². The minimum absolute atomic E-state index is 0.796. The summed E-state index contributed by atoms with van der Waals surface area (Å²) < 4.78 is 5.80. The lowest BCUT2D eigenvalue weighted by Crippen LogP contribution is -2.21. The minimum atomic E-state index is 0.796. The van der Waals surface area contributed by atoms with Crippen molar-refractivity contribution < 1.29 is 4.42 Å². The van der Waals surface area contributed by atoms with E-state index in [0.717, 1.165) is 35.4 Å². The molecule has 1 aromatic carbocycles. The molecule has 0 saturated carbocycles. The van der Waals surface area contributed by atoms with Crippen molar-refractivity contribution in [1.29, 1.82) is 0 Å². The molecule has 0 spiro atoms. The zero-order valence-corrected chi connectivity index (χ0v) is 9.98. The highest BCUT2D eigenvalue weighted by molar-refractivity contribution is 5.81. The highest BCUT2D eigenvalue weighted by Gasteiger charge is 2.12. The van der Waals surface area contributed by atoms with Crippen LogP contribution < -0.4 is 5.73 Å². The quantitative estimate of drug-likeness (QED) is 0.824. The van der Waals surface area contributed by atoms with E-state index in [4.69, 9.17) is 10.2 Å². The van der Waals surface area contributed by atoms with E-state index in [9.17, 15) is 0 Å². The molecule has 3 heteroatoms. The van der Waals surface area contributed by atoms with Gasteiger partial charge in [0.2, 0.25) is 0 Å². The Morgan fingerprint density at radius 3 is 2.82 bits per heavy atom. The molecule has 1 fully saturated rings. The van der Waals surface area contributed by atoms with Crippen LogP contribution in [0.3, 0.4) is 0 Å². The largest absolute Gasteiger partial charge is 0.461 e. The number of benzene rings is 1. The molecule has 0 atom stereocenters. The second kappa shape index (κ2) is 4.41. The summed E-state index contributed by atoms with van der Waals surface area (Å²) in [6, 6.07) is 7.92. The van der Waals surface area contributed by atoms with Crippen LogP contribution in [0.5, 0.6) is 0 Å². The Labute approximate surface area is 101 Å². The Balaban J connectivity index is 1.72. The molecule has 0 unspecified atom stereocenters. The van der Waals surface area contributed by atoms with E-state index < -0.39 is 0 Å². The van der Waals surface area contributed by atoms with Crippen LogP contribution in [0.25, 0.3) is 11.0 Å². The fourth-order valence-corrected chi connectivity index (χ4v) is 2.51. The van der Waals surface area contributed by atoms with Gasteiger partial charge in [0.1, 0.15) is 11.3 Å². The molecule has 2 aromatic rings. The second-order valence-corrected chi connectivity index (χ2v) is 4.81. The topological polar surface area (TPSA) is 42.4 Å². The highest BCUT2D eigenvalue weighted by atomic mass is 16.3. The highest BCUT2D eigenvalue weighted by Crippen LogP contribution is 2.22. The maximum absolute atomic E-state index is 5.80. The monoisotopic (exact) mass is 230 g/mol. The van der Waals surface area contributed by atoms with Crippen LogP contribution in [-0.4, -0.2) is 24.5 Å². The van der Waals surface area contributed by atoms with Gasteiger partial charge in [0, 0.05) is 24.0 Å². The number of anilines is 1. The van der Waals surface area contributed by atoms with Gasteiger partial charge in [-0.1, -0.05) is 0 Å². The van der Waals surface area contributed by atoms with Crippen molar-refractivity contribution in [3.63, 3.8) is 0 Å². The van der Waals surface area contributed by atoms with Crippen LogP contribution in [0.15, 0.2) is 28.7 Å². The van der Waals surface area contributed by atoms with Crippen LogP contribution in [0.2, 0.25) is 0 Å². The van der Waals surface area contributed by atoms with Gasteiger partial charge >= 0.3 is 0 Å². The lowest BCUT2D eigenvalue weighted by molar-refractivity contribution is 0.333. The van der Waals surface area contributed by atoms with Gasteiger partial charge in [0.05, 0.1) is 0 Å². The Bertz CT molecular complexity index is 512. The normalized spacial score (nSPS) is 16.9. The predicted molar refractivity (Wildman–Crippen MR) is 70.0 cm³/mol. The average Bonchev–Trinajstić information content (AvgIpc) is 2.94. The summed E-state index contributed by atoms with van der Waals surface area (Å²) in [4.78, 5) is 2.50. The number of hydrogen-bond donors (Lipinski definition) is 1. The van der Waals surface area contributed by atoms with E-state index >= 15 is 0 Å². The van der Waals surface area contributed by atoms with Gasteiger partial charge in [0.25, 0.3) is 0 Å². The molecule has 2 heterocycles. The summed E-state index contributed by atoms with van der Waals surface area (Å²) in [6.45, 7) is 3.59. The minimum Gasteiger partial charge on any atom is -0.461 e. The lowest BCUT2D eigenvalue weighted by atomic mass is 10.2. The Morgan fingerprint density at radius 2 is 2.00 bits per heavy atom. The van der Waals surface area contributed by atoms with Crippen molar-refractivity contribution in [2.45, 2.75) is 19.3 Å². The molecule has 0 amide bonds. The van der Waals surface area contributed by atoms with Crippen LogP contribution in [-0.2, 0) is 6.42 Å². The van der Waals surface area contributed by atoms with Gasteiger partial charge in [-0.3, -0.25) is 0 Å². The molecule has 0 bridgehead atoms. The van der Waals surface area contributed by atoms with Gasteiger partial charge in [-0.05, 0) is 50.2 Å². The first-order chi connectivity index (χ1) is 8.31. The van der Waals surface area contributed by atoms with Crippen molar-refractivity contribution in [2.75, 3.05) is 25.4 Å². The van der Waals surface area contributed by atoms with Gasteiger partial charge < -0.3 is 15.1 Å². The molecule has 0 aliphatic carbocycles. The molecule has 1 aromatic heterocycles. The first kappa shape index (κ1) is 10.7. The molecular formula is C14H18N2O. The van der Waals surface area contributed by atoms with Gasteiger partial charge in [-0.15, -0.1) is 0 Å². The first-order valence-corrected chi connectivity index (χ1v) is 6.31. The molecule has 1 saturated heterocycles. The molecule has 1 aliphatic rings. The summed E-state index contributed by atoms with van der Waals surface area (Å²) in [7, 11) is 0. The summed E-state index contributed by atoms with van der Waals surface area (Å²) in [5.41, 5.74) is 7.49. The Hall–Kier alpha value is -1.48. The fraction of sp³-hybridized carbons (Fsp3) is 0.429. The van der Waals surface area contributed by atoms with Crippen LogP contribution >= 0.6 is 0 Å². The number of rotatable bonds is 3. The van der Waals surface area contributed by atoms with E-state index in [0.29, 0.717) is 0 Å². The molecule has 3 rings (SSSR count). The number of nitrogens with zero attached hydrogens (tertiary/aromatic N) is 1. The third-order valence-electron chi connectivity index (χ3n) is 3.46. The third-order valence-corrected chi connectivity index (χ3v) is 3.46. The van der Waals surface area contributed by atoms with E-state index in [1.807, 2.05) is 18.2 Å². The third kappa shape index (κ3) is 2.29.